The molecule has 1 aliphatic rings. The maximum absolute atomic E-state index is 11.9. The third-order valence-electron chi connectivity index (χ3n) is 3.17. The summed E-state index contributed by atoms with van der Waals surface area (Å²) in [4.78, 5) is 16.1. The minimum atomic E-state index is -3.59. The molecule has 0 atom stereocenters. The number of sulfonamides is 1. The van der Waals surface area contributed by atoms with E-state index >= 15 is 0 Å². The van der Waals surface area contributed by atoms with Crippen molar-refractivity contribution in [3.05, 3.63) is 59.1 Å². The van der Waals surface area contributed by atoms with E-state index in [1.165, 1.54) is 6.07 Å². The Kier molecular flexibility index (Phi) is 4.06. The van der Waals surface area contributed by atoms with Gasteiger partial charge in [0.2, 0.25) is 5.91 Å². The van der Waals surface area contributed by atoms with Crippen molar-refractivity contribution in [1.29, 1.82) is 0 Å². The number of benzene rings is 2. The molecule has 1 heterocycles. The summed E-state index contributed by atoms with van der Waals surface area (Å²) in [5.74, 6) is -0.185. The van der Waals surface area contributed by atoms with Gasteiger partial charge in [-0.1, -0.05) is 23.7 Å². The van der Waals surface area contributed by atoms with Gasteiger partial charge in [0.1, 0.15) is 12.4 Å². The largest absolute Gasteiger partial charge is 0.324 e. The van der Waals surface area contributed by atoms with Crippen molar-refractivity contribution in [1.82, 2.24) is 4.72 Å². The molecule has 1 aliphatic heterocycles. The van der Waals surface area contributed by atoms with Crippen LogP contribution >= 0.6 is 11.6 Å². The number of nitrogens with zero attached hydrogens (tertiary/aromatic N) is 1. The molecule has 0 radical (unpaired) electrons. The molecule has 1 amide bonds. The topological polar surface area (TPSA) is 87.6 Å². The van der Waals surface area contributed by atoms with Crippen molar-refractivity contribution in [3.63, 3.8) is 0 Å². The second-order valence-corrected chi connectivity index (χ2v) is 6.91. The van der Waals surface area contributed by atoms with Crippen molar-refractivity contribution in [2.24, 2.45) is 4.99 Å². The average Bonchev–Trinajstić information content (AvgIpc) is 2.79. The number of amides is 1. The molecule has 0 unspecified atom stereocenters. The van der Waals surface area contributed by atoms with Crippen molar-refractivity contribution in [2.75, 3.05) is 11.9 Å². The zero-order chi connectivity index (χ0) is 16.4. The average molecular weight is 350 g/mol. The van der Waals surface area contributed by atoms with E-state index in [-0.39, 0.29) is 23.2 Å². The summed E-state index contributed by atoms with van der Waals surface area (Å²) in [7, 11) is -3.59. The molecule has 0 aromatic heterocycles. The van der Waals surface area contributed by atoms with Gasteiger partial charge in [-0.3, -0.25) is 14.5 Å². The maximum atomic E-state index is 11.9. The number of carbonyl (C=O) groups excluding carboxylic acids is 1. The molecular weight excluding hydrogens is 338 g/mol. The molecule has 6 nitrogen and oxygen atoms in total. The molecule has 0 aliphatic carbocycles. The number of carbonyl (C=O) groups is 1. The van der Waals surface area contributed by atoms with E-state index in [9.17, 15) is 13.2 Å². The van der Waals surface area contributed by atoms with Crippen molar-refractivity contribution in [2.45, 2.75) is 4.90 Å². The highest BCUT2D eigenvalue weighted by Gasteiger charge is 2.30. The van der Waals surface area contributed by atoms with Crippen LogP contribution in [-0.4, -0.2) is 26.7 Å². The van der Waals surface area contributed by atoms with Crippen LogP contribution in [0.25, 0.3) is 0 Å². The number of nitrogens with one attached hydrogen (secondary N) is 2. The van der Waals surface area contributed by atoms with Crippen LogP contribution in [0, 0.1) is 0 Å². The van der Waals surface area contributed by atoms with E-state index in [0.717, 1.165) is 0 Å². The highest BCUT2D eigenvalue weighted by molar-refractivity contribution is 7.90. The Morgan fingerprint density at radius 2 is 1.83 bits per heavy atom. The lowest BCUT2D eigenvalue weighted by molar-refractivity contribution is -0.114. The van der Waals surface area contributed by atoms with Crippen molar-refractivity contribution < 1.29 is 13.2 Å². The van der Waals surface area contributed by atoms with Gasteiger partial charge in [-0.05, 0) is 36.4 Å². The first-order chi connectivity index (χ1) is 11.0. The molecule has 2 aromatic carbocycles. The predicted molar refractivity (Wildman–Crippen MR) is 88.2 cm³/mol. The van der Waals surface area contributed by atoms with Crippen LogP contribution in [0.15, 0.2) is 58.4 Å². The quantitative estimate of drug-likeness (QED) is 0.888. The third-order valence-corrected chi connectivity index (χ3v) is 4.82. The Morgan fingerprint density at radius 1 is 1.13 bits per heavy atom. The maximum Gasteiger partial charge on any atom is 0.263 e. The predicted octanol–water partition coefficient (Wildman–Crippen LogP) is 2.02. The molecule has 0 fully saturated rings. The number of fused-ring (bicyclic) bond motifs is 1. The second-order valence-electron chi connectivity index (χ2n) is 4.82. The fraction of sp³-hybridized carbons (Fsp3) is 0.0667. The van der Waals surface area contributed by atoms with Crippen LogP contribution in [0.2, 0.25) is 5.02 Å². The lowest BCUT2D eigenvalue weighted by Crippen LogP contribution is -2.24. The molecule has 118 valence electrons. The highest BCUT2D eigenvalue weighted by atomic mass is 35.5. The Balaban J connectivity index is 1.74. The van der Waals surface area contributed by atoms with Gasteiger partial charge in [-0.25, -0.2) is 8.42 Å². The number of aliphatic imine (C=N–C) groups is 1. The first kappa shape index (κ1) is 15.5. The SMILES string of the molecule is O=C(CN=C1NS(=O)(=O)c2ccccc21)Nc1ccc(Cl)cc1. The molecule has 2 N–H and O–H groups in total. The fourth-order valence-corrected chi connectivity index (χ4v) is 3.51. The molecule has 0 saturated heterocycles. The zero-order valence-corrected chi connectivity index (χ0v) is 13.4. The molecule has 8 heteroatoms. The van der Waals surface area contributed by atoms with E-state index in [1.807, 2.05) is 0 Å². The summed E-state index contributed by atoms with van der Waals surface area (Å²) >= 11 is 5.77. The molecule has 23 heavy (non-hydrogen) atoms. The van der Waals surface area contributed by atoms with Crippen LogP contribution in [0.3, 0.4) is 0 Å². The van der Waals surface area contributed by atoms with Gasteiger partial charge in [0.25, 0.3) is 10.0 Å². The number of hydrogen-bond donors (Lipinski definition) is 2. The van der Waals surface area contributed by atoms with Gasteiger partial charge >= 0.3 is 0 Å². The first-order valence-corrected chi connectivity index (χ1v) is 8.54. The van der Waals surface area contributed by atoms with Crippen molar-refractivity contribution in [3.8, 4) is 0 Å². The normalized spacial score (nSPS) is 16.7. The van der Waals surface area contributed by atoms with E-state index in [2.05, 4.69) is 15.0 Å². The molecule has 2 aromatic rings. The van der Waals surface area contributed by atoms with Crippen LogP contribution < -0.4 is 10.0 Å². The summed E-state index contributed by atoms with van der Waals surface area (Å²) in [6.45, 7) is -0.200. The number of hydrogen-bond acceptors (Lipinski definition) is 4. The summed E-state index contributed by atoms with van der Waals surface area (Å²) in [5, 5.41) is 3.23. The number of amidine groups is 1. The van der Waals surface area contributed by atoms with Gasteiger partial charge in [0.05, 0.1) is 4.90 Å². The standard InChI is InChI=1S/C15H12ClN3O3S/c16-10-5-7-11(8-6-10)18-14(20)9-17-15-12-3-1-2-4-13(12)23(21,22)19-15/h1-8H,9H2,(H,17,19)(H,18,20). The minimum Gasteiger partial charge on any atom is -0.324 e. The van der Waals surface area contributed by atoms with E-state index in [4.69, 9.17) is 11.6 Å². The Labute approximate surface area is 138 Å². The Hall–Kier alpha value is -2.38. The van der Waals surface area contributed by atoms with E-state index in [0.29, 0.717) is 16.3 Å². The van der Waals surface area contributed by atoms with Gasteiger partial charge in [0, 0.05) is 16.3 Å². The highest BCUT2D eigenvalue weighted by Crippen LogP contribution is 2.22. The second kappa shape index (κ2) is 6.02. The molecule has 3 rings (SSSR count). The van der Waals surface area contributed by atoms with Crippen LogP contribution in [0.4, 0.5) is 5.69 Å². The minimum absolute atomic E-state index is 0.164. The summed E-state index contributed by atoms with van der Waals surface area (Å²) in [6, 6.07) is 13.1. The summed E-state index contributed by atoms with van der Waals surface area (Å²) in [6.07, 6.45) is 0. The van der Waals surface area contributed by atoms with Gasteiger partial charge in [0.15, 0.2) is 0 Å². The lowest BCUT2D eigenvalue weighted by atomic mass is 10.2. The molecule has 0 bridgehead atoms. The molecule has 0 spiro atoms. The number of rotatable bonds is 3. The number of anilines is 1. The third kappa shape index (κ3) is 3.35. The fourth-order valence-electron chi connectivity index (χ4n) is 2.14. The lowest BCUT2D eigenvalue weighted by Gasteiger charge is -2.04. The Bertz CT molecular complexity index is 892. The smallest absolute Gasteiger partial charge is 0.263 e. The number of halogens is 1. The molecular formula is C15H12ClN3O3S. The first-order valence-electron chi connectivity index (χ1n) is 6.68. The van der Waals surface area contributed by atoms with Crippen LogP contribution in [-0.2, 0) is 14.8 Å². The monoisotopic (exact) mass is 349 g/mol. The van der Waals surface area contributed by atoms with E-state index in [1.54, 1.807) is 42.5 Å². The molecule has 0 saturated carbocycles. The zero-order valence-electron chi connectivity index (χ0n) is 11.8. The van der Waals surface area contributed by atoms with E-state index < -0.39 is 10.0 Å². The Morgan fingerprint density at radius 3 is 2.57 bits per heavy atom. The van der Waals surface area contributed by atoms with Crippen LogP contribution in [0.1, 0.15) is 5.56 Å². The van der Waals surface area contributed by atoms with Crippen LogP contribution in [0.5, 0.6) is 0 Å². The van der Waals surface area contributed by atoms with Gasteiger partial charge in [-0.15, -0.1) is 0 Å². The van der Waals surface area contributed by atoms with Crippen molar-refractivity contribution >= 4 is 39.1 Å². The summed E-state index contributed by atoms with van der Waals surface area (Å²) in [5.41, 5.74) is 1.05. The summed E-state index contributed by atoms with van der Waals surface area (Å²) < 4.78 is 26.2. The van der Waals surface area contributed by atoms with Gasteiger partial charge < -0.3 is 5.32 Å². The van der Waals surface area contributed by atoms with Gasteiger partial charge in [-0.2, -0.15) is 0 Å².